The summed E-state index contributed by atoms with van der Waals surface area (Å²) in [5.74, 6) is -0.176. The minimum absolute atomic E-state index is 0.363. The van der Waals surface area contributed by atoms with Crippen molar-refractivity contribution in [2.24, 2.45) is 0 Å². The van der Waals surface area contributed by atoms with Gasteiger partial charge in [0.15, 0.2) is 11.3 Å². The number of rotatable bonds is 6. The number of amides is 1. The number of esters is 1. The molecule has 1 heterocycles. The second-order valence-corrected chi connectivity index (χ2v) is 7.69. The lowest BCUT2D eigenvalue weighted by molar-refractivity contribution is -0.123. The topological polar surface area (TPSA) is 86.1 Å². The maximum Gasteiger partial charge on any atom is 0.338 e. The molecule has 7 nitrogen and oxygen atoms in total. The summed E-state index contributed by atoms with van der Waals surface area (Å²) in [6.07, 6.45) is 0.996. The van der Waals surface area contributed by atoms with Crippen LogP contribution in [0.25, 0.3) is 5.69 Å². The second kappa shape index (κ2) is 9.13. The van der Waals surface area contributed by atoms with Crippen LogP contribution in [-0.4, -0.2) is 39.0 Å². The molecule has 0 saturated heterocycles. The predicted octanol–water partition coefficient (Wildman–Crippen LogP) is 4.10. The van der Waals surface area contributed by atoms with E-state index in [-0.39, 0.29) is 5.91 Å². The van der Waals surface area contributed by atoms with E-state index in [1.807, 2.05) is 49.8 Å². The Labute approximate surface area is 179 Å². The van der Waals surface area contributed by atoms with E-state index in [0.717, 1.165) is 33.5 Å². The number of nitrogens with one attached hydrogen (secondary N) is 1. The SMILES string of the molecule is CSc1nnc(C)n1-c1ccc(C(=O)OC(C)C(=O)Nc2c(C)cccc2C)cc1. The van der Waals surface area contributed by atoms with E-state index in [0.29, 0.717) is 5.56 Å². The molecule has 30 heavy (non-hydrogen) atoms. The van der Waals surface area contributed by atoms with E-state index < -0.39 is 12.1 Å². The second-order valence-electron chi connectivity index (χ2n) is 6.92. The molecule has 3 aromatic rings. The summed E-state index contributed by atoms with van der Waals surface area (Å²) in [5, 5.41) is 11.8. The number of carbonyl (C=O) groups is 2. The van der Waals surface area contributed by atoms with Crippen LogP contribution in [0, 0.1) is 20.8 Å². The molecule has 0 aliphatic heterocycles. The summed E-state index contributed by atoms with van der Waals surface area (Å²) >= 11 is 1.49. The Hall–Kier alpha value is -3.13. The Balaban J connectivity index is 1.68. The lowest BCUT2D eigenvalue weighted by Crippen LogP contribution is -2.30. The molecule has 0 aliphatic rings. The van der Waals surface area contributed by atoms with Crippen molar-refractivity contribution in [1.82, 2.24) is 14.8 Å². The van der Waals surface area contributed by atoms with Gasteiger partial charge in [0, 0.05) is 11.4 Å². The molecule has 3 rings (SSSR count). The number of hydrogen-bond acceptors (Lipinski definition) is 6. The first-order valence-electron chi connectivity index (χ1n) is 9.46. The minimum Gasteiger partial charge on any atom is -0.449 e. The van der Waals surface area contributed by atoms with Crippen molar-refractivity contribution in [3.63, 3.8) is 0 Å². The Morgan fingerprint density at radius 1 is 1.03 bits per heavy atom. The molecule has 1 atom stereocenters. The van der Waals surface area contributed by atoms with Crippen LogP contribution in [0.15, 0.2) is 47.6 Å². The maximum absolute atomic E-state index is 12.5. The molecule has 0 spiro atoms. The summed E-state index contributed by atoms with van der Waals surface area (Å²) in [5.41, 5.74) is 3.85. The molecule has 0 fully saturated rings. The fourth-order valence-electron chi connectivity index (χ4n) is 3.04. The molecule has 1 aromatic heterocycles. The molecule has 1 amide bonds. The van der Waals surface area contributed by atoms with Gasteiger partial charge >= 0.3 is 5.97 Å². The van der Waals surface area contributed by atoms with E-state index in [1.165, 1.54) is 11.8 Å². The molecule has 0 radical (unpaired) electrons. The van der Waals surface area contributed by atoms with Crippen LogP contribution < -0.4 is 5.32 Å². The molecular formula is C22H24N4O3S. The van der Waals surface area contributed by atoms with Gasteiger partial charge in [-0.25, -0.2) is 4.79 Å². The molecule has 8 heteroatoms. The molecule has 1 unspecified atom stereocenters. The van der Waals surface area contributed by atoms with Crippen molar-refractivity contribution >= 4 is 29.3 Å². The van der Waals surface area contributed by atoms with E-state index in [4.69, 9.17) is 4.74 Å². The van der Waals surface area contributed by atoms with Gasteiger partial charge in [0.2, 0.25) is 0 Å². The first-order valence-corrected chi connectivity index (χ1v) is 10.7. The number of aryl methyl sites for hydroxylation is 3. The van der Waals surface area contributed by atoms with Gasteiger partial charge in [0.05, 0.1) is 5.56 Å². The largest absolute Gasteiger partial charge is 0.449 e. The van der Waals surface area contributed by atoms with E-state index in [2.05, 4.69) is 15.5 Å². The molecule has 0 bridgehead atoms. The van der Waals surface area contributed by atoms with Gasteiger partial charge in [-0.15, -0.1) is 10.2 Å². The third kappa shape index (κ3) is 4.54. The molecule has 1 N–H and O–H groups in total. The van der Waals surface area contributed by atoms with Crippen LogP contribution >= 0.6 is 11.8 Å². The van der Waals surface area contributed by atoms with E-state index in [9.17, 15) is 9.59 Å². The highest BCUT2D eigenvalue weighted by molar-refractivity contribution is 7.98. The van der Waals surface area contributed by atoms with Crippen molar-refractivity contribution in [2.75, 3.05) is 11.6 Å². The Morgan fingerprint density at radius 2 is 1.67 bits per heavy atom. The fraction of sp³-hybridized carbons (Fsp3) is 0.273. The van der Waals surface area contributed by atoms with E-state index >= 15 is 0 Å². The van der Waals surface area contributed by atoms with Gasteiger partial charge in [-0.05, 0) is 69.3 Å². The van der Waals surface area contributed by atoms with Crippen LogP contribution in [-0.2, 0) is 9.53 Å². The summed E-state index contributed by atoms with van der Waals surface area (Å²) in [4.78, 5) is 25.0. The van der Waals surface area contributed by atoms with Crippen LogP contribution in [0.5, 0.6) is 0 Å². The van der Waals surface area contributed by atoms with E-state index in [1.54, 1.807) is 31.2 Å². The third-order valence-corrected chi connectivity index (χ3v) is 5.35. The highest BCUT2D eigenvalue weighted by atomic mass is 32.2. The van der Waals surface area contributed by atoms with Crippen molar-refractivity contribution in [2.45, 2.75) is 39.0 Å². The van der Waals surface area contributed by atoms with Crippen LogP contribution in [0.3, 0.4) is 0 Å². The quantitative estimate of drug-likeness (QED) is 0.474. The number of benzene rings is 2. The van der Waals surface area contributed by atoms with Gasteiger partial charge in [0.25, 0.3) is 5.91 Å². The number of ether oxygens (including phenoxy) is 1. The Bertz CT molecular complexity index is 1060. The number of nitrogens with zero attached hydrogens (tertiary/aromatic N) is 3. The first kappa shape index (κ1) is 21.6. The average molecular weight is 425 g/mol. The average Bonchev–Trinajstić information content (AvgIpc) is 3.11. The van der Waals surface area contributed by atoms with Crippen molar-refractivity contribution in [3.05, 3.63) is 65.0 Å². The summed E-state index contributed by atoms with van der Waals surface area (Å²) < 4.78 is 7.27. The number of aromatic nitrogens is 3. The Kier molecular flexibility index (Phi) is 6.56. The summed E-state index contributed by atoms with van der Waals surface area (Å²) in [6.45, 7) is 7.26. The predicted molar refractivity (Wildman–Crippen MR) is 117 cm³/mol. The van der Waals surface area contributed by atoms with Crippen molar-refractivity contribution < 1.29 is 14.3 Å². The van der Waals surface area contributed by atoms with Crippen molar-refractivity contribution in [3.8, 4) is 5.69 Å². The lowest BCUT2D eigenvalue weighted by atomic mass is 10.1. The maximum atomic E-state index is 12.5. The van der Waals surface area contributed by atoms with Crippen LogP contribution in [0.4, 0.5) is 5.69 Å². The molecule has 2 aromatic carbocycles. The monoisotopic (exact) mass is 424 g/mol. The van der Waals surface area contributed by atoms with Gasteiger partial charge in [-0.3, -0.25) is 9.36 Å². The van der Waals surface area contributed by atoms with Crippen LogP contribution in [0.1, 0.15) is 34.2 Å². The highest BCUT2D eigenvalue weighted by Gasteiger charge is 2.20. The number of carbonyl (C=O) groups excluding carboxylic acids is 2. The number of hydrogen-bond donors (Lipinski definition) is 1. The highest BCUT2D eigenvalue weighted by Crippen LogP contribution is 2.21. The van der Waals surface area contributed by atoms with Gasteiger partial charge in [0.1, 0.15) is 5.82 Å². The molecule has 0 saturated carbocycles. The zero-order chi connectivity index (χ0) is 21.8. The van der Waals surface area contributed by atoms with Gasteiger partial charge < -0.3 is 10.1 Å². The number of thioether (sulfide) groups is 1. The first-order chi connectivity index (χ1) is 14.3. The third-order valence-electron chi connectivity index (χ3n) is 4.72. The fourth-order valence-corrected chi connectivity index (χ4v) is 3.58. The summed E-state index contributed by atoms with van der Waals surface area (Å²) in [7, 11) is 0. The lowest BCUT2D eigenvalue weighted by Gasteiger charge is -2.16. The van der Waals surface area contributed by atoms with Gasteiger partial charge in [-0.2, -0.15) is 0 Å². The molecule has 156 valence electrons. The molecule has 0 aliphatic carbocycles. The standard InChI is InChI=1S/C22H24N4O3S/c1-13-7-6-8-14(2)19(13)23-20(27)15(3)29-21(28)17-9-11-18(12-10-17)26-16(4)24-25-22(26)30-5/h6-12,15H,1-5H3,(H,23,27). The smallest absolute Gasteiger partial charge is 0.338 e. The van der Waals surface area contributed by atoms with Crippen LogP contribution in [0.2, 0.25) is 0 Å². The van der Waals surface area contributed by atoms with Crippen molar-refractivity contribution in [1.29, 1.82) is 0 Å². The Morgan fingerprint density at radius 3 is 2.27 bits per heavy atom. The van der Waals surface area contributed by atoms with Gasteiger partial charge in [-0.1, -0.05) is 30.0 Å². The molecular weight excluding hydrogens is 400 g/mol. The zero-order valence-electron chi connectivity index (χ0n) is 17.6. The zero-order valence-corrected chi connectivity index (χ0v) is 18.4. The normalized spacial score (nSPS) is 11.8. The summed E-state index contributed by atoms with van der Waals surface area (Å²) in [6, 6.07) is 12.7. The number of anilines is 1. The minimum atomic E-state index is -0.931. The number of para-hydroxylation sites is 1.